The first-order valence-electron chi connectivity index (χ1n) is 7.82. The average molecular weight is 342 g/mol. The molecule has 0 atom stereocenters. The average Bonchev–Trinajstić information content (AvgIpc) is 2.82. The number of hydrogen-bond acceptors (Lipinski definition) is 2. The summed E-state index contributed by atoms with van der Waals surface area (Å²) >= 11 is 6.04. The predicted molar refractivity (Wildman–Crippen MR) is 98.0 cm³/mol. The Bertz CT molecular complexity index is 905. The number of nitrogens with zero attached hydrogens (tertiary/aromatic N) is 2. The van der Waals surface area contributed by atoms with Crippen LogP contribution in [0.5, 0.6) is 0 Å². The maximum atomic E-state index is 12.7. The van der Waals surface area contributed by atoms with Crippen LogP contribution in [0.15, 0.2) is 42.6 Å². The molecule has 1 aromatic carbocycles. The topological polar surface area (TPSA) is 46.4 Å². The molecule has 0 saturated carbocycles. The van der Waals surface area contributed by atoms with Gasteiger partial charge in [-0.05, 0) is 42.2 Å². The van der Waals surface area contributed by atoms with Gasteiger partial charge < -0.3 is 5.32 Å². The Morgan fingerprint density at radius 3 is 2.42 bits per heavy atom. The molecule has 24 heavy (non-hydrogen) atoms. The number of pyridine rings is 1. The fourth-order valence-electron chi connectivity index (χ4n) is 2.65. The van der Waals surface area contributed by atoms with Gasteiger partial charge in [-0.15, -0.1) is 0 Å². The third-order valence-electron chi connectivity index (χ3n) is 3.98. The number of anilines is 1. The Hall–Kier alpha value is -2.33. The van der Waals surface area contributed by atoms with Crippen LogP contribution in [0.25, 0.3) is 5.65 Å². The van der Waals surface area contributed by atoms with Crippen LogP contribution in [0.2, 0.25) is 5.02 Å². The molecule has 2 heterocycles. The third kappa shape index (κ3) is 3.15. The number of fused-ring (bicyclic) bond motifs is 1. The van der Waals surface area contributed by atoms with E-state index in [0.717, 1.165) is 5.69 Å². The van der Waals surface area contributed by atoms with E-state index in [-0.39, 0.29) is 11.3 Å². The van der Waals surface area contributed by atoms with Gasteiger partial charge in [0.1, 0.15) is 11.3 Å². The number of halogens is 1. The predicted octanol–water partition coefficient (Wildman–Crippen LogP) is 4.85. The molecular weight excluding hydrogens is 322 g/mol. The number of aromatic nitrogens is 2. The summed E-state index contributed by atoms with van der Waals surface area (Å²) in [4.78, 5) is 17.1. The molecule has 2 aromatic heterocycles. The summed E-state index contributed by atoms with van der Waals surface area (Å²) < 4.78 is 1.72. The number of amides is 1. The van der Waals surface area contributed by atoms with Crippen molar-refractivity contribution < 1.29 is 4.79 Å². The second-order valence-electron chi connectivity index (χ2n) is 6.90. The molecule has 0 fully saturated rings. The fraction of sp³-hybridized carbons (Fsp3) is 0.263. The first-order valence-corrected chi connectivity index (χ1v) is 8.19. The van der Waals surface area contributed by atoms with Crippen molar-refractivity contribution in [2.75, 3.05) is 5.32 Å². The molecule has 0 spiro atoms. The molecule has 3 rings (SSSR count). The van der Waals surface area contributed by atoms with E-state index in [1.807, 2.05) is 31.2 Å². The number of carbonyl (C=O) groups excluding carboxylic acids is 1. The highest BCUT2D eigenvalue weighted by molar-refractivity contribution is 6.30. The number of hydrogen-bond donors (Lipinski definition) is 1. The Labute approximate surface area is 146 Å². The van der Waals surface area contributed by atoms with Gasteiger partial charge in [-0.3, -0.25) is 9.20 Å². The summed E-state index contributed by atoms with van der Waals surface area (Å²) in [6.45, 7) is 8.29. The minimum Gasteiger partial charge on any atom is -0.321 e. The van der Waals surface area contributed by atoms with Crippen molar-refractivity contribution in [1.29, 1.82) is 0 Å². The number of imidazole rings is 1. The highest BCUT2D eigenvalue weighted by Gasteiger charge is 2.18. The zero-order valence-electron chi connectivity index (χ0n) is 14.2. The summed E-state index contributed by atoms with van der Waals surface area (Å²) in [6, 6.07) is 11.5. The van der Waals surface area contributed by atoms with Gasteiger partial charge in [-0.25, -0.2) is 4.98 Å². The van der Waals surface area contributed by atoms with E-state index >= 15 is 0 Å². The van der Waals surface area contributed by atoms with Crippen molar-refractivity contribution >= 4 is 28.8 Å². The number of aryl methyl sites for hydroxylation is 1. The largest absolute Gasteiger partial charge is 0.321 e. The summed E-state index contributed by atoms with van der Waals surface area (Å²) in [6.07, 6.45) is 1.70. The Balaban J connectivity index is 1.90. The van der Waals surface area contributed by atoms with Crippen molar-refractivity contribution in [3.05, 3.63) is 64.6 Å². The lowest BCUT2D eigenvalue weighted by molar-refractivity contribution is 0.102. The zero-order chi connectivity index (χ0) is 17.5. The quantitative estimate of drug-likeness (QED) is 0.724. The van der Waals surface area contributed by atoms with E-state index in [0.29, 0.717) is 22.1 Å². The standard InChI is InChI=1S/C19H20ClN3O/c1-12-17(23-11-14(20)7-10-16(23)21-12)18(24)22-15-8-5-13(6-9-15)19(2,3)4/h5-11H,1-4H3,(H,22,24). The molecule has 4 nitrogen and oxygen atoms in total. The number of benzene rings is 1. The van der Waals surface area contributed by atoms with Crippen molar-refractivity contribution in [3.8, 4) is 0 Å². The van der Waals surface area contributed by atoms with Crippen LogP contribution in [0.1, 0.15) is 42.5 Å². The van der Waals surface area contributed by atoms with E-state index in [1.165, 1.54) is 5.56 Å². The number of nitrogens with one attached hydrogen (secondary N) is 1. The molecule has 0 bridgehead atoms. The maximum absolute atomic E-state index is 12.7. The van der Waals surface area contributed by atoms with E-state index in [4.69, 9.17) is 11.6 Å². The smallest absolute Gasteiger partial charge is 0.274 e. The molecule has 124 valence electrons. The Kier molecular flexibility index (Phi) is 4.10. The van der Waals surface area contributed by atoms with Crippen LogP contribution in [0, 0.1) is 6.92 Å². The van der Waals surface area contributed by atoms with Crippen LogP contribution >= 0.6 is 11.6 Å². The molecule has 3 aromatic rings. The normalized spacial score (nSPS) is 11.7. The minimum absolute atomic E-state index is 0.0809. The first kappa shape index (κ1) is 16.5. The molecular formula is C19H20ClN3O. The van der Waals surface area contributed by atoms with E-state index < -0.39 is 0 Å². The molecule has 5 heteroatoms. The lowest BCUT2D eigenvalue weighted by Crippen LogP contribution is -2.16. The second kappa shape index (κ2) is 5.95. The highest BCUT2D eigenvalue weighted by atomic mass is 35.5. The second-order valence-corrected chi connectivity index (χ2v) is 7.34. The van der Waals surface area contributed by atoms with Gasteiger partial charge in [-0.2, -0.15) is 0 Å². The monoisotopic (exact) mass is 341 g/mol. The summed E-state index contributed by atoms with van der Waals surface area (Å²) in [5, 5.41) is 3.49. The highest BCUT2D eigenvalue weighted by Crippen LogP contribution is 2.24. The van der Waals surface area contributed by atoms with E-state index in [1.54, 1.807) is 22.7 Å². The van der Waals surface area contributed by atoms with E-state index in [9.17, 15) is 4.79 Å². The SMILES string of the molecule is Cc1nc2ccc(Cl)cn2c1C(=O)Nc1ccc(C(C)(C)C)cc1. The van der Waals surface area contributed by atoms with Gasteiger partial charge in [0.2, 0.25) is 0 Å². The van der Waals surface area contributed by atoms with Gasteiger partial charge in [0.25, 0.3) is 5.91 Å². The summed E-state index contributed by atoms with van der Waals surface area (Å²) in [5.74, 6) is -0.203. The van der Waals surface area contributed by atoms with Crippen molar-refractivity contribution in [2.45, 2.75) is 33.1 Å². The minimum atomic E-state index is -0.203. The van der Waals surface area contributed by atoms with Gasteiger partial charge >= 0.3 is 0 Å². The zero-order valence-corrected chi connectivity index (χ0v) is 15.0. The lowest BCUT2D eigenvalue weighted by atomic mass is 9.87. The van der Waals surface area contributed by atoms with Crippen LogP contribution in [0.3, 0.4) is 0 Å². The van der Waals surface area contributed by atoms with Gasteiger partial charge in [0.15, 0.2) is 0 Å². The molecule has 0 unspecified atom stereocenters. The molecule has 0 aliphatic heterocycles. The van der Waals surface area contributed by atoms with Crippen LogP contribution < -0.4 is 5.32 Å². The number of carbonyl (C=O) groups is 1. The first-order chi connectivity index (χ1) is 11.3. The van der Waals surface area contributed by atoms with Gasteiger partial charge in [0, 0.05) is 11.9 Å². The maximum Gasteiger partial charge on any atom is 0.274 e. The van der Waals surface area contributed by atoms with Crippen LogP contribution in [0.4, 0.5) is 5.69 Å². The van der Waals surface area contributed by atoms with Crippen LogP contribution in [-0.2, 0) is 5.41 Å². The Morgan fingerprint density at radius 1 is 1.12 bits per heavy atom. The molecule has 1 amide bonds. The van der Waals surface area contributed by atoms with E-state index in [2.05, 4.69) is 31.1 Å². The van der Waals surface area contributed by atoms with Crippen molar-refractivity contribution in [2.24, 2.45) is 0 Å². The molecule has 0 aliphatic rings. The molecule has 0 radical (unpaired) electrons. The molecule has 0 saturated heterocycles. The fourth-order valence-corrected chi connectivity index (χ4v) is 2.81. The molecule has 1 N–H and O–H groups in total. The lowest BCUT2D eigenvalue weighted by Gasteiger charge is -2.19. The number of rotatable bonds is 2. The van der Waals surface area contributed by atoms with Crippen LogP contribution in [-0.4, -0.2) is 15.3 Å². The van der Waals surface area contributed by atoms with Crippen molar-refractivity contribution in [3.63, 3.8) is 0 Å². The summed E-state index contributed by atoms with van der Waals surface area (Å²) in [5.41, 5.74) is 3.92. The van der Waals surface area contributed by atoms with Gasteiger partial charge in [-0.1, -0.05) is 44.5 Å². The third-order valence-corrected chi connectivity index (χ3v) is 4.20. The van der Waals surface area contributed by atoms with Crippen molar-refractivity contribution in [1.82, 2.24) is 9.38 Å². The summed E-state index contributed by atoms with van der Waals surface area (Å²) in [7, 11) is 0. The van der Waals surface area contributed by atoms with Gasteiger partial charge in [0.05, 0.1) is 10.7 Å². The molecule has 0 aliphatic carbocycles. The Morgan fingerprint density at radius 2 is 1.79 bits per heavy atom.